The number of aromatic nitrogens is 3. The van der Waals surface area contributed by atoms with Gasteiger partial charge in [-0.2, -0.15) is 5.26 Å². The first kappa shape index (κ1) is 25.3. The van der Waals surface area contributed by atoms with Crippen LogP contribution in [-0.2, 0) is 7.05 Å². The van der Waals surface area contributed by atoms with Gasteiger partial charge in [0.05, 0.1) is 5.56 Å². The molecule has 36 heavy (non-hydrogen) atoms. The number of nitriles is 1. The van der Waals surface area contributed by atoms with Crippen molar-refractivity contribution in [3.05, 3.63) is 47.5 Å². The van der Waals surface area contributed by atoms with Crippen LogP contribution in [0.4, 0.5) is 10.2 Å². The maximum absolute atomic E-state index is 14.4. The molecule has 0 spiro atoms. The van der Waals surface area contributed by atoms with Crippen LogP contribution in [0.25, 0.3) is 11.1 Å². The molecule has 1 aromatic carbocycles. The predicted molar refractivity (Wildman–Crippen MR) is 134 cm³/mol. The summed E-state index contributed by atoms with van der Waals surface area (Å²) in [5.41, 5.74) is 7.35. The fourth-order valence-electron chi connectivity index (χ4n) is 4.52. The van der Waals surface area contributed by atoms with Gasteiger partial charge in [0.15, 0.2) is 11.6 Å². The van der Waals surface area contributed by atoms with Crippen molar-refractivity contribution in [1.82, 2.24) is 14.8 Å². The second-order valence-electron chi connectivity index (χ2n) is 9.46. The Morgan fingerprint density at radius 1 is 1.31 bits per heavy atom. The molecule has 3 unspecified atom stereocenters. The van der Waals surface area contributed by atoms with E-state index >= 15 is 0 Å². The summed E-state index contributed by atoms with van der Waals surface area (Å²) in [6, 6.07) is 8.33. The van der Waals surface area contributed by atoms with Crippen molar-refractivity contribution in [2.75, 3.05) is 12.3 Å². The third kappa shape index (κ3) is 4.81. The summed E-state index contributed by atoms with van der Waals surface area (Å²) in [6.45, 7) is 8.33. The zero-order valence-electron chi connectivity index (χ0n) is 21.3. The van der Waals surface area contributed by atoms with E-state index in [0.29, 0.717) is 58.5 Å². The van der Waals surface area contributed by atoms with Gasteiger partial charge in [-0.05, 0) is 49.9 Å². The maximum atomic E-state index is 14.4. The lowest BCUT2D eigenvalue weighted by Gasteiger charge is -2.36. The summed E-state index contributed by atoms with van der Waals surface area (Å²) in [5, 5.41) is 14.4. The number of hydrogen-bond donors (Lipinski definition) is 1. The molecule has 190 valence electrons. The Kier molecular flexibility index (Phi) is 7.07. The molecule has 0 radical (unpaired) electrons. The minimum absolute atomic E-state index is 0.170. The number of pyridine rings is 1. The van der Waals surface area contributed by atoms with Gasteiger partial charge in [-0.25, -0.2) is 9.37 Å². The van der Waals surface area contributed by atoms with Crippen LogP contribution in [-0.4, -0.2) is 27.0 Å². The Labute approximate surface area is 210 Å². The van der Waals surface area contributed by atoms with E-state index in [9.17, 15) is 9.65 Å². The molecule has 8 nitrogen and oxygen atoms in total. The molecule has 2 aromatic heterocycles. The molecule has 0 saturated heterocycles. The van der Waals surface area contributed by atoms with Gasteiger partial charge in [-0.15, -0.1) is 5.10 Å². The molecule has 3 heterocycles. The standard InChI is InChI=1S/C27H32FN5O3/c1-6-16(3)12-27(7-2)15-34-26-24(21(13-29)33(5)32-26)18-10-23(25(30)31-14-18)35-17(4)20-11-19(28)8-9-22(20)36-27/h8-11,14,16-17H,6-7,12,15H2,1-5H3,(H2,30,31). The molecule has 0 fully saturated rings. The Hall–Kier alpha value is -3.80. The summed E-state index contributed by atoms with van der Waals surface area (Å²) in [4.78, 5) is 4.28. The van der Waals surface area contributed by atoms with E-state index < -0.39 is 17.5 Å². The van der Waals surface area contributed by atoms with Crippen molar-refractivity contribution in [2.24, 2.45) is 13.0 Å². The highest BCUT2D eigenvalue weighted by Gasteiger charge is 2.36. The van der Waals surface area contributed by atoms with Gasteiger partial charge < -0.3 is 19.9 Å². The van der Waals surface area contributed by atoms with E-state index in [1.54, 1.807) is 25.4 Å². The van der Waals surface area contributed by atoms with Crippen molar-refractivity contribution in [3.63, 3.8) is 0 Å². The number of nitrogen functional groups attached to an aromatic ring is 1. The van der Waals surface area contributed by atoms with Crippen LogP contribution in [0.15, 0.2) is 30.5 Å². The molecule has 9 heteroatoms. The number of ether oxygens (including phenoxy) is 3. The highest BCUT2D eigenvalue weighted by atomic mass is 19.1. The molecule has 1 aliphatic heterocycles. The van der Waals surface area contributed by atoms with Crippen molar-refractivity contribution >= 4 is 5.82 Å². The number of fused-ring (bicyclic) bond motifs is 5. The number of halogens is 1. The highest BCUT2D eigenvalue weighted by molar-refractivity contribution is 5.75. The van der Waals surface area contributed by atoms with E-state index in [1.165, 1.54) is 16.8 Å². The van der Waals surface area contributed by atoms with Gasteiger partial charge in [0.25, 0.3) is 0 Å². The molecular formula is C27H32FN5O3. The van der Waals surface area contributed by atoms with Gasteiger partial charge in [0, 0.05) is 24.4 Å². The molecule has 0 saturated carbocycles. The first-order chi connectivity index (χ1) is 17.2. The number of nitrogens with zero attached hydrogens (tertiary/aromatic N) is 4. The van der Waals surface area contributed by atoms with Crippen molar-refractivity contribution in [3.8, 4) is 34.6 Å². The Morgan fingerprint density at radius 3 is 2.78 bits per heavy atom. The summed E-state index contributed by atoms with van der Waals surface area (Å²) in [5.74, 6) is 1.23. The molecule has 4 rings (SSSR count). The normalized spacial score (nSPS) is 20.1. The van der Waals surface area contributed by atoms with Crippen LogP contribution in [0.1, 0.15) is 64.3 Å². The fourth-order valence-corrected chi connectivity index (χ4v) is 4.52. The van der Waals surface area contributed by atoms with E-state index in [0.717, 1.165) is 6.42 Å². The number of benzene rings is 1. The topological polar surface area (TPSA) is 108 Å². The summed E-state index contributed by atoms with van der Waals surface area (Å²) in [7, 11) is 1.69. The second kappa shape index (κ2) is 10.1. The molecule has 3 atom stereocenters. The van der Waals surface area contributed by atoms with Crippen LogP contribution in [0.2, 0.25) is 0 Å². The highest BCUT2D eigenvalue weighted by Crippen LogP contribution is 2.41. The van der Waals surface area contributed by atoms with Crippen molar-refractivity contribution in [2.45, 2.75) is 58.7 Å². The number of hydrogen-bond acceptors (Lipinski definition) is 7. The molecule has 0 amide bonds. The van der Waals surface area contributed by atoms with Crippen LogP contribution in [0, 0.1) is 23.1 Å². The lowest BCUT2D eigenvalue weighted by molar-refractivity contribution is -0.00666. The van der Waals surface area contributed by atoms with Crippen molar-refractivity contribution < 1.29 is 18.6 Å². The Balaban J connectivity index is 1.94. The maximum Gasteiger partial charge on any atom is 0.242 e. The van der Waals surface area contributed by atoms with E-state index in [4.69, 9.17) is 19.9 Å². The first-order valence-electron chi connectivity index (χ1n) is 12.2. The molecule has 1 aliphatic rings. The quantitative estimate of drug-likeness (QED) is 0.506. The van der Waals surface area contributed by atoms with Gasteiger partial charge in [0.1, 0.15) is 41.6 Å². The minimum atomic E-state index is -0.729. The Morgan fingerprint density at radius 2 is 2.08 bits per heavy atom. The average Bonchev–Trinajstić information content (AvgIpc) is 3.19. The molecule has 0 aliphatic carbocycles. The van der Waals surface area contributed by atoms with Crippen molar-refractivity contribution in [1.29, 1.82) is 5.26 Å². The number of nitrogens with two attached hydrogens (primary N) is 1. The molecule has 2 N–H and O–H groups in total. The molecular weight excluding hydrogens is 461 g/mol. The largest absolute Gasteiger partial charge is 0.483 e. The monoisotopic (exact) mass is 493 g/mol. The van der Waals surface area contributed by atoms with E-state index in [2.05, 4.69) is 30.0 Å². The fraction of sp³-hybridized carbons (Fsp3) is 0.444. The zero-order chi connectivity index (χ0) is 26.0. The average molecular weight is 494 g/mol. The van der Waals surface area contributed by atoms with Gasteiger partial charge in [0.2, 0.25) is 5.88 Å². The third-order valence-corrected chi connectivity index (χ3v) is 6.87. The van der Waals surface area contributed by atoms with Crippen LogP contribution in [0.5, 0.6) is 17.4 Å². The minimum Gasteiger partial charge on any atom is -0.483 e. The number of aryl methyl sites for hydroxylation is 1. The second-order valence-corrected chi connectivity index (χ2v) is 9.46. The van der Waals surface area contributed by atoms with Crippen LogP contribution in [0.3, 0.4) is 0 Å². The third-order valence-electron chi connectivity index (χ3n) is 6.87. The predicted octanol–water partition coefficient (Wildman–Crippen LogP) is 5.57. The van der Waals surface area contributed by atoms with Gasteiger partial charge in [-0.3, -0.25) is 4.68 Å². The summed E-state index contributed by atoms with van der Waals surface area (Å²) < 4.78 is 35.1. The number of rotatable bonds is 4. The number of anilines is 1. The van der Waals surface area contributed by atoms with Crippen LogP contribution < -0.4 is 19.9 Å². The van der Waals surface area contributed by atoms with Gasteiger partial charge >= 0.3 is 0 Å². The smallest absolute Gasteiger partial charge is 0.242 e. The summed E-state index contributed by atoms with van der Waals surface area (Å²) in [6.07, 6.45) is 3.28. The van der Waals surface area contributed by atoms with E-state index in [1.807, 2.05) is 13.8 Å². The zero-order valence-corrected chi connectivity index (χ0v) is 21.3. The van der Waals surface area contributed by atoms with E-state index in [-0.39, 0.29) is 12.4 Å². The Bertz CT molecular complexity index is 1300. The lowest BCUT2D eigenvalue weighted by Crippen LogP contribution is -2.43. The first-order valence-corrected chi connectivity index (χ1v) is 12.2. The SMILES string of the molecule is CCC(C)CC1(CC)COc2nn(C)c(C#N)c2-c2cnc(N)c(c2)OC(C)c2cc(F)ccc2O1. The molecule has 3 aromatic rings. The lowest BCUT2D eigenvalue weighted by atomic mass is 9.88. The van der Waals surface area contributed by atoms with Crippen LogP contribution >= 0.6 is 0 Å². The summed E-state index contributed by atoms with van der Waals surface area (Å²) >= 11 is 0. The van der Waals surface area contributed by atoms with Gasteiger partial charge in [-0.1, -0.05) is 27.2 Å². The molecule has 2 bridgehead atoms.